The molecule has 37 heavy (non-hydrogen) atoms. The van der Waals surface area contributed by atoms with Gasteiger partial charge in [-0.2, -0.15) is 0 Å². The highest BCUT2D eigenvalue weighted by molar-refractivity contribution is 7.91. The number of nitrogens with one attached hydrogen (secondary N) is 2. The molecular formula is C27H30N4O5S. The van der Waals surface area contributed by atoms with Crippen molar-refractivity contribution in [3.8, 4) is 11.1 Å². The van der Waals surface area contributed by atoms with Gasteiger partial charge in [-0.1, -0.05) is 29.4 Å². The summed E-state index contributed by atoms with van der Waals surface area (Å²) in [5, 5.41) is 10.5. The zero-order chi connectivity index (χ0) is 26.2. The van der Waals surface area contributed by atoms with Gasteiger partial charge < -0.3 is 15.2 Å². The molecule has 2 N–H and O–H groups in total. The molecule has 194 valence electrons. The van der Waals surface area contributed by atoms with Gasteiger partial charge >= 0.3 is 0 Å². The van der Waals surface area contributed by atoms with Gasteiger partial charge in [-0.05, 0) is 62.9 Å². The minimum atomic E-state index is -3.00. The first kappa shape index (κ1) is 25.0. The van der Waals surface area contributed by atoms with Crippen molar-refractivity contribution in [1.82, 2.24) is 5.16 Å². The van der Waals surface area contributed by atoms with E-state index in [0.29, 0.717) is 48.5 Å². The topological polar surface area (TPSA) is 122 Å². The van der Waals surface area contributed by atoms with Crippen LogP contribution in [0.5, 0.6) is 0 Å². The van der Waals surface area contributed by atoms with E-state index in [1.165, 1.54) is 0 Å². The quantitative estimate of drug-likeness (QED) is 0.500. The number of carbonyl (C=O) groups is 2. The minimum Gasteiger partial charge on any atom is -0.381 e. The molecule has 0 radical (unpaired) electrons. The fourth-order valence-corrected chi connectivity index (χ4v) is 6.63. The van der Waals surface area contributed by atoms with Gasteiger partial charge in [0.05, 0.1) is 28.6 Å². The zero-order valence-corrected chi connectivity index (χ0v) is 21.7. The van der Waals surface area contributed by atoms with Crippen molar-refractivity contribution in [1.29, 1.82) is 0 Å². The second-order valence-electron chi connectivity index (χ2n) is 9.67. The van der Waals surface area contributed by atoms with Crippen molar-refractivity contribution >= 4 is 38.7 Å². The van der Waals surface area contributed by atoms with Gasteiger partial charge in [-0.15, -0.1) is 0 Å². The Morgan fingerprint density at radius 2 is 1.76 bits per heavy atom. The number of hydrogen-bond acceptors (Lipinski definition) is 7. The molecule has 2 amide bonds. The largest absolute Gasteiger partial charge is 0.381 e. The van der Waals surface area contributed by atoms with Crippen LogP contribution in [0.25, 0.3) is 11.1 Å². The van der Waals surface area contributed by atoms with E-state index in [1.807, 2.05) is 62.4 Å². The molecule has 2 fully saturated rings. The second-order valence-corrected chi connectivity index (χ2v) is 12.0. The number of aromatic nitrogens is 1. The summed E-state index contributed by atoms with van der Waals surface area (Å²) >= 11 is 0. The van der Waals surface area contributed by atoms with Gasteiger partial charge in [0, 0.05) is 23.7 Å². The van der Waals surface area contributed by atoms with Gasteiger partial charge in [-0.25, -0.2) is 8.42 Å². The number of hydrogen-bond donors (Lipinski definition) is 2. The van der Waals surface area contributed by atoms with Gasteiger partial charge in [0.25, 0.3) is 0 Å². The Morgan fingerprint density at radius 1 is 1.03 bits per heavy atom. The maximum absolute atomic E-state index is 13.6. The van der Waals surface area contributed by atoms with E-state index < -0.39 is 15.9 Å². The third-order valence-electron chi connectivity index (χ3n) is 7.06. The molecule has 1 atom stereocenters. The maximum Gasteiger partial charge on any atom is 0.247 e. The molecule has 2 aromatic carbocycles. The van der Waals surface area contributed by atoms with Gasteiger partial charge in [0.15, 0.2) is 0 Å². The van der Waals surface area contributed by atoms with E-state index in [1.54, 1.807) is 4.90 Å². The van der Waals surface area contributed by atoms with E-state index in [0.717, 1.165) is 16.8 Å². The number of para-hydroxylation sites is 1. The van der Waals surface area contributed by atoms with Crippen LogP contribution in [0.15, 0.2) is 53.1 Å². The van der Waals surface area contributed by atoms with Crippen molar-refractivity contribution in [3.63, 3.8) is 0 Å². The lowest BCUT2D eigenvalue weighted by molar-refractivity contribution is -0.120. The van der Waals surface area contributed by atoms with Crippen LogP contribution in [0.3, 0.4) is 0 Å². The average molecular weight is 523 g/mol. The van der Waals surface area contributed by atoms with Crippen LogP contribution in [0.2, 0.25) is 0 Å². The molecule has 2 aliphatic heterocycles. The molecular weight excluding hydrogens is 492 g/mol. The molecule has 5 rings (SSSR count). The lowest BCUT2D eigenvalue weighted by Gasteiger charge is -2.27. The number of aryl methyl sites for hydroxylation is 2. The summed E-state index contributed by atoms with van der Waals surface area (Å²) in [6.07, 6.45) is 1.72. The first-order valence-corrected chi connectivity index (χ1v) is 14.3. The highest BCUT2D eigenvalue weighted by Crippen LogP contribution is 2.35. The highest BCUT2D eigenvalue weighted by atomic mass is 32.2. The van der Waals surface area contributed by atoms with E-state index >= 15 is 0 Å². The number of benzene rings is 2. The van der Waals surface area contributed by atoms with Crippen molar-refractivity contribution in [3.05, 3.63) is 60.0 Å². The maximum atomic E-state index is 13.6. The van der Waals surface area contributed by atoms with Crippen molar-refractivity contribution in [2.75, 3.05) is 27.0 Å². The Morgan fingerprint density at radius 3 is 2.43 bits per heavy atom. The number of sulfone groups is 1. The summed E-state index contributed by atoms with van der Waals surface area (Å²) in [7, 11) is -3.00. The van der Waals surface area contributed by atoms with Crippen molar-refractivity contribution in [2.45, 2.75) is 51.6 Å². The summed E-state index contributed by atoms with van der Waals surface area (Å²) < 4.78 is 29.1. The Balaban J connectivity index is 1.45. The summed E-state index contributed by atoms with van der Waals surface area (Å²) in [5.41, 5.74) is 4.38. The number of rotatable bonds is 6. The lowest BCUT2D eigenvalue weighted by atomic mass is 10.0. The SMILES string of the molecule is Cc1noc(C)c1-c1ccc(NC2CCS(=O)(=O)CC2)c(NC(=O)C2CCC(=O)N2c2ccccc2)c1. The van der Waals surface area contributed by atoms with Crippen LogP contribution < -0.4 is 15.5 Å². The third-order valence-corrected chi connectivity index (χ3v) is 8.78. The highest BCUT2D eigenvalue weighted by Gasteiger charge is 2.37. The standard InChI is InChI=1S/C27H30N4O5S/c1-17-26(18(2)36-30-17)19-8-9-22(28-20-12-14-37(34,35)15-13-20)23(16-19)29-27(33)24-10-11-25(32)31(24)21-6-4-3-5-7-21/h3-9,16,20,24,28H,10-15H2,1-2H3,(H,29,33). The van der Waals surface area contributed by atoms with Crippen molar-refractivity contribution < 1.29 is 22.5 Å². The zero-order valence-electron chi connectivity index (χ0n) is 20.9. The molecule has 0 aliphatic carbocycles. The number of amides is 2. The van der Waals surface area contributed by atoms with E-state index in [9.17, 15) is 18.0 Å². The van der Waals surface area contributed by atoms with E-state index in [2.05, 4.69) is 15.8 Å². The second kappa shape index (κ2) is 10.0. The molecule has 2 aliphatic rings. The Kier molecular flexibility index (Phi) is 6.76. The molecule has 0 saturated carbocycles. The Labute approximate surface area is 216 Å². The monoisotopic (exact) mass is 522 g/mol. The predicted octanol–water partition coefficient (Wildman–Crippen LogP) is 4.08. The van der Waals surface area contributed by atoms with E-state index in [-0.39, 0.29) is 29.4 Å². The van der Waals surface area contributed by atoms with Crippen LogP contribution in [-0.4, -0.2) is 49.0 Å². The first-order chi connectivity index (χ1) is 17.7. The summed E-state index contributed by atoms with van der Waals surface area (Å²) in [5.74, 6) is 0.585. The fraction of sp³-hybridized carbons (Fsp3) is 0.370. The normalized spacial score (nSPS) is 19.7. The molecule has 1 unspecified atom stereocenters. The summed E-state index contributed by atoms with van der Waals surface area (Å²) in [6.45, 7) is 3.70. The van der Waals surface area contributed by atoms with Gasteiger partial charge in [0.2, 0.25) is 11.8 Å². The predicted molar refractivity (Wildman–Crippen MR) is 142 cm³/mol. The van der Waals surface area contributed by atoms with Crippen LogP contribution in [-0.2, 0) is 19.4 Å². The van der Waals surface area contributed by atoms with Crippen LogP contribution in [0, 0.1) is 13.8 Å². The average Bonchev–Trinajstić information content (AvgIpc) is 3.43. The molecule has 0 bridgehead atoms. The first-order valence-electron chi connectivity index (χ1n) is 12.4. The number of nitrogens with zero attached hydrogens (tertiary/aromatic N) is 2. The molecule has 0 spiro atoms. The van der Waals surface area contributed by atoms with Gasteiger partial charge in [-0.3, -0.25) is 14.5 Å². The van der Waals surface area contributed by atoms with Crippen molar-refractivity contribution in [2.24, 2.45) is 0 Å². The smallest absolute Gasteiger partial charge is 0.247 e. The Hall–Kier alpha value is -3.66. The minimum absolute atomic E-state index is 0.0297. The van der Waals surface area contributed by atoms with Gasteiger partial charge in [0.1, 0.15) is 21.6 Å². The molecule has 1 aromatic heterocycles. The third kappa shape index (κ3) is 5.24. The van der Waals surface area contributed by atoms with Crippen LogP contribution in [0.1, 0.15) is 37.1 Å². The Bertz CT molecular complexity index is 1400. The molecule has 9 nitrogen and oxygen atoms in total. The molecule has 3 heterocycles. The van der Waals surface area contributed by atoms with Crippen LogP contribution in [0.4, 0.5) is 17.1 Å². The summed E-state index contributed by atoms with van der Waals surface area (Å²) in [4.78, 5) is 27.8. The van der Waals surface area contributed by atoms with Crippen LogP contribution >= 0.6 is 0 Å². The molecule has 2 saturated heterocycles. The van der Waals surface area contributed by atoms with E-state index in [4.69, 9.17) is 4.52 Å². The fourth-order valence-electron chi connectivity index (χ4n) is 5.14. The lowest BCUT2D eigenvalue weighted by Crippen LogP contribution is -2.42. The summed E-state index contributed by atoms with van der Waals surface area (Å²) in [6, 6.07) is 14.2. The number of carbonyl (C=O) groups excluding carboxylic acids is 2. The number of anilines is 3. The molecule has 10 heteroatoms. The molecule has 3 aromatic rings.